The largest absolute Gasteiger partial charge is 0.323 e. The van der Waals surface area contributed by atoms with Gasteiger partial charge >= 0.3 is 8.25 Å². The Morgan fingerprint density at radius 1 is 0.733 bits per heavy atom. The SMILES string of the molecule is CSc1ccccc1S(=O)(=O)OCO[PH](=O)OCOS(=O)(=O)c1ccccc1SC. The van der Waals surface area contributed by atoms with Crippen LogP contribution in [-0.2, 0) is 42.2 Å². The van der Waals surface area contributed by atoms with E-state index >= 15 is 0 Å². The highest BCUT2D eigenvalue weighted by Crippen LogP contribution is 2.29. The Hall–Kier alpha value is -0.890. The van der Waals surface area contributed by atoms with E-state index in [-0.39, 0.29) is 9.79 Å². The summed E-state index contributed by atoms with van der Waals surface area (Å²) in [6.07, 6.45) is 3.42. The highest BCUT2D eigenvalue weighted by molar-refractivity contribution is 7.99. The van der Waals surface area contributed by atoms with Crippen LogP contribution >= 0.6 is 31.8 Å². The van der Waals surface area contributed by atoms with Crippen molar-refractivity contribution in [3.8, 4) is 0 Å². The van der Waals surface area contributed by atoms with Crippen LogP contribution < -0.4 is 0 Å². The molecule has 0 aromatic heterocycles. The Morgan fingerprint density at radius 3 is 1.47 bits per heavy atom. The molecule has 0 atom stereocenters. The van der Waals surface area contributed by atoms with Crippen LogP contribution in [0.15, 0.2) is 68.1 Å². The number of hydrogen-bond donors (Lipinski definition) is 0. The minimum atomic E-state index is -4.14. The van der Waals surface area contributed by atoms with Crippen LogP contribution in [0, 0.1) is 0 Å². The molecule has 0 amide bonds. The minimum Gasteiger partial charge on any atom is -0.282 e. The Labute approximate surface area is 184 Å². The van der Waals surface area contributed by atoms with Crippen molar-refractivity contribution in [1.82, 2.24) is 0 Å². The van der Waals surface area contributed by atoms with Gasteiger partial charge in [0.2, 0.25) is 0 Å². The van der Waals surface area contributed by atoms with Crippen molar-refractivity contribution in [3.05, 3.63) is 48.5 Å². The first-order chi connectivity index (χ1) is 14.2. The van der Waals surface area contributed by atoms with E-state index in [0.29, 0.717) is 9.79 Å². The quantitative estimate of drug-likeness (QED) is 0.179. The molecule has 0 saturated carbocycles. The second kappa shape index (κ2) is 11.7. The molecule has 0 heterocycles. The molecule has 0 unspecified atom stereocenters. The standard InChI is InChI=1S/C16H19O9PS4/c1-27-13-7-3-5-9-15(13)29(18,19)24-11-22-26(17)23-12-25-30(20,21)16-10-6-4-8-14(16)28-2/h3-10,26H,11-12H2,1-2H3. The van der Waals surface area contributed by atoms with Crippen molar-refractivity contribution in [2.75, 3.05) is 26.1 Å². The van der Waals surface area contributed by atoms with Crippen LogP contribution in [0.4, 0.5) is 0 Å². The lowest BCUT2D eigenvalue weighted by atomic mass is 10.4. The zero-order chi connectivity index (χ0) is 22.2. The lowest BCUT2D eigenvalue weighted by molar-refractivity contribution is 0.0752. The predicted octanol–water partition coefficient (Wildman–Crippen LogP) is 3.58. The van der Waals surface area contributed by atoms with E-state index < -0.39 is 42.1 Å². The molecule has 2 aromatic rings. The molecule has 0 N–H and O–H groups in total. The van der Waals surface area contributed by atoms with Crippen molar-refractivity contribution in [1.29, 1.82) is 0 Å². The summed E-state index contributed by atoms with van der Waals surface area (Å²) in [7, 11) is -11.5. The van der Waals surface area contributed by atoms with Gasteiger partial charge in [0.25, 0.3) is 20.2 Å². The van der Waals surface area contributed by atoms with E-state index in [1.165, 1.54) is 47.8 Å². The molecule has 9 nitrogen and oxygen atoms in total. The summed E-state index contributed by atoms with van der Waals surface area (Å²) in [4.78, 5) is 0.850. The van der Waals surface area contributed by atoms with Gasteiger partial charge in [0.15, 0.2) is 13.6 Å². The summed E-state index contributed by atoms with van der Waals surface area (Å²) in [6.45, 7) is -1.74. The van der Waals surface area contributed by atoms with Crippen molar-refractivity contribution < 1.29 is 38.8 Å². The van der Waals surface area contributed by atoms with Gasteiger partial charge in [-0.15, -0.1) is 23.5 Å². The molecule has 0 fully saturated rings. The van der Waals surface area contributed by atoms with E-state index in [1.807, 2.05) is 0 Å². The molecule has 0 aliphatic heterocycles. The van der Waals surface area contributed by atoms with E-state index in [4.69, 9.17) is 8.37 Å². The predicted molar refractivity (Wildman–Crippen MR) is 114 cm³/mol. The Kier molecular flexibility index (Phi) is 9.85. The van der Waals surface area contributed by atoms with E-state index in [0.717, 1.165) is 0 Å². The normalized spacial score (nSPS) is 12.4. The highest BCUT2D eigenvalue weighted by Gasteiger charge is 2.21. The Bertz CT molecular complexity index is 1000. The molecule has 30 heavy (non-hydrogen) atoms. The second-order valence-electron chi connectivity index (χ2n) is 5.22. The van der Waals surface area contributed by atoms with Crippen LogP contribution in [0.2, 0.25) is 0 Å². The zero-order valence-corrected chi connectivity index (χ0v) is 20.1. The molecule has 14 heteroatoms. The summed E-state index contributed by atoms with van der Waals surface area (Å²) in [6, 6.07) is 12.4. The minimum absolute atomic E-state index is 0.0522. The highest BCUT2D eigenvalue weighted by atomic mass is 32.2. The van der Waals surface area contributed by atoms with Crippen molar-refractivity contribution in [2.24, 2.45) is 0 Å². The summed E-state index contributed by atoms with van der Waals surface area (Å²) in [5.74, 6) is 0. The van der Waals surface area contributed by atoms with Gasteiger partial charge in [-0.3, -0.25) is 13.6 Å². The summed E-state index contributed by atoms with van der Waals surface area (Å²) in [5, 5.41) is 0. The van der Waals surface area contributed by atoms with E-state index in [1.54, 1.807) is 36.8 Å². The summed E-state index contributed by atoms with van der Waals surface area (Å²) >= 11 is 2.44. The van der Waals surface area contributed by atoms with Gasteiger partial charge in [0.05, 0.1) is 0 Å². The first-order valence-corrected chi connectivity index (χ1v) is 14.5. The number of benzene rings is 2. The molecule has 2 aromatic carbocycles. The number of rotatable bonds is 12. The number of thioether (sulfide) groups is 2. The van der Waals surface area contributed by atoms with Crippen molar-refractivity contribution >= 4 is 52.0 Å². The third kappa shape index (κ3) is 7.08. The van der Waals surface area contributed by atoms with Crippen LogP contribution in [0.25, 0.3) is 0 Å². The van der Waals surface area contributed by atoms with Gasteiger partial charge in [-0.1, -0.05) is 24.3 Å². The van der Waals surface area contributed by atoms with Crippen molar-refractivity contribution in [3.63, 3.8) is 0 Å². The lowest BCUT2D eigenvalue weighted by Crippen LogP contribution is -2.11. The molecule has 0 bridgehead atoms. The third-order valence-electron chi connectivity index (χ3n) is 3.44. The fourth-order valence-corrected chi connectivity index (χ4v) is 6.46. The van der Waals surface area contributed by atoms with Crippen LogP contribution in [0.1, 0.15) is 0 Å². The number of hydrogen-bond acceptors (Lipinski definition) is 11. The van der Waals surface area contributed by atoms with Gasteiger partial charge in [-0.05, 0) is 36.8 Å². The topological polar surface area (TPSA) is 122 Å². The average molecular weight is 515 g/mol. The molecule has 0 spiro atoms. The van der Waals surface area contributed by atoms with Crippen molar-refractivity contribution in [2.45, 2.75) is 19.6 Å². The van der Waals surface area contributed by atoms with E-state index in [2.05, 4.69) is 9.05 Å². The zero-order valence-electron chi connectivity index (χ0n) is 15.8. The maximum atomic E-state index is 12.2. The first-order valence-electron chi connectivity index (χ1n) is 8.05. The maximum absolute atomic E-state index is 12.2. The van der Waals surface area contributed by atoms with Crippen LogP contribution in [0.5, 0.6) is 0 Å². The average Bonchev–Trinajstić information content (AvgIpc) is 2.73. The fourth-order valence-electron chi connectivity index (χ4n) is 2.09. The third-order valence-corrected chi connectivity index (χ3v) is 8.60. The van der Waals surface area contributed by atoms with Gasteiger partial charge < -0.3 is 0 Å². The smallest absolute Gasteiger partial charge is 0.282 e. The fraction of sp³-hybridized carbons (Fsp3) is 0.250. The second-order valence-corrected chi connectivity index (χ2v) is 11.2. The van der Waals surface area contributed by atoms with Crippen LogP contribution in [-0.4, -0.2) is 42.9 Å². The molecule has 2 rings (SSSR count). The van der Waals surface area contributed by atoms with E-state index in [9.17, 15) is 21.4 Å². The van der Waals surface area contributed by atoms with Crippen LogP contribution in [0.3, 0.4) is 0 Å². The molecular formula is C16H19O9PS4. The van der Waals surface area contributed by atoms with Gasteiger partial charge in [0.1, 0.15) is 9.79 Å². The molecule has 0 saturated heterocycles. The summed E-state index contributed by atoms with van der Waals surface area (Å²) < 4.78 is 79.3. The molecule has 0 radical (unpaired) electrons. The Morgan fingerprint density at radius 2 is 1.10 bits per heavy atom. The monoisotopic (exact) mass is 514 g/mol. The summed E-state index contributed by atoms with van der Waals surface area (Å²) in [5.41, 5.74) is 0. The lowest BCUT2D eigenvalue weighted by Gasteiger charge is -2.10. The molecular weight excluding hydrogens is 495 g/mol. The van der Waals surface area contributed by atoms with Gasteiger partial charge in [0, 0.05) is 9.79 Å². The maximum Gasteiger partial charge on any atom is 0.323 e. The Balaban J connectivity index is 1.84. The molecule has 166 valence electrons. The molecule has 0 aliphatic carbocycles. The molecule has 0 aliphatic rings. The van der Waals surface area contributed by atoms with Gasteiger partial charge in [-0.2, -0.15) is 16.8 Å². The first kappa shape index (κ1) is 25.4. The van der Waals surface area contributed by atoms with Gasteiger partial charge in [-0.25, -0.2) is 8.37 Å².